The van der Waals surface area contributed by atoms with E-state index in [2.05, 4.69) is 6.07 Å². The minimum atomic E-state index is -4.27. The number of pyridine rings is 1. The molecule has 0 spiro atoms. The number of imidazole rings is 1. The van der Waals surface area contributed by atoms with Gasteiger partial charge in [-0.3, -0.25) is 9.55 Å². The van der Waals surface area contributed by atoms with Gasteiger partial charge in [0.15, 0.2) is 0 Å². The van der Waals surface area contributed by atoms with E-state index in [-0.39, 0.29) is 49.4 Å². The van der Waals surface area contributed by atoms with Crippen LogP contribution in [-0.4, -0.2) is 19.6 Å². The summed E-state index contributed by atoms with van der Waals surface area (Å²) >= 11 is 0. The molecule has 2 heterocycles. The Morgan fingerprint density at radius 3 is 1.89 bits per heavy atom. The second-order valence-corrected chi connectivity index (χ2v) is 20.0. The third-order valence-corrected chi connectivity index (χ3v) is 13.5. The van der Waals surface area contributed by atoms with E-state index in [0.29, 0.717) is 39.6 Å². The summed E-state index contributed by atoms with van der Waals surface area (Å²) < 4.78 is 198. The molecule has 75 heavy (non-hydrogen) atoms. The van der Waals surface area contributed by atoms with Gasteiger partial charge < -0.3 is 5.11 Å². The summed E-state index contributed by atoms with van der Waals surface area (Å²) in [7, 11) is 0. The van der Waals surface area contributed by atoms with Crippen LogP contribution in [0.3, 0.4) is 0 Å². The zero-order chi connectivity index (χ0) is 70.7. The number of rotatable bonds is 9. The molecule has 0 radical (unpaired) electrons. The van der Waals surface area contributed by atoms with Crippen LogP contribution in [0.5, 0.6) is 5.75 Å². The predicted octanol–water partition coefficient (Wildman–Crippen LogP) is 18.9. The second kappa shape index (κ2) is 20.5. The van der Waals surface area contributed by atoms with Gasteiger partial charge >= 0.3 is 0 Å². The van der Waals surface area contributed by atoms with Gasteiger partial charge in [-0.25, -0.2) is 4.98 Å². The van der Waals surface area contributed by atoms with Gasteiger partial charge in [0.2, 0.25) is 0 Å². The number of fused-ring (bicyclic) bond motifs is 1. The molecule has 8 aromatic carbocycles. The standard InChI is InChI=1S/C70H68N3O.Pt/c1-44(2)46-29-31-48(32-30-46)50-35-36-71-61(41-50)54-39-52(47-21-15-13-16-22-47)38-53(40-54)57-26-20-28-63-65(57)72-67(58-42-55(68(4,5)6)43-60(66(58)74)70(10,11)12)73(63)62-34-33-51(37-45(62)3)64-56(49-23-17-14-18-24-49)25-19-27-59(64)69(7,8)9;/h13-39,41-44,74H,1-12H3;/q-1;/i3D3,4D3,5D3,6D3,10D3,11D3,12D3,44D;. The van der Waals surface area contributed by atoms with Crippen LogP contribution in [0.25, 0.3) is 95.0 Å². The molecule has 380 valence electrons. The molecule has 0 fully saturated rings. The second-order valence-electron chi connectivity index (χ2n) is 20.0. The van der Waals surface area contributed by atoms with Gasteiger partial charge in [-0.1, -0.05) is 226 Å². The van der Waals surface area contributed by atoms with E-state index < -0.39 is 104 Å². The van der Waals surface area contributed by atoms with E-state index in [9.17, 15) is 9.22 Å². The molecule has 4 nitrogen and oxygen atoms in total. The number of phenolic OH excluding ortho intramolecular Hbond substituents is 1. The molecule has 2 aromatic heterocycles. The summed E-state index contributed by atoms with van der Waals surface area (Å²) in [5.41, 5.74) is -4.94. The zero-order valence-electron chi connectivity index (χ0n) is 63.9. The van der Waals surface area contributed by atoms with Crippen molar-refractivity contribution in [1.82, 2.24) is 14.5 Å². The first-order valence-corrected chi connectivity index (χ1v) is 24.2. The van der Waals surface area contributed by atoms with Gasteiger partial charge in [0.05, 0.1) is 22.3 Å². The first kappa shape index (κ1) is 31.7. The van der Waals surface area contributed by atoms with Crippen LogP contribution in [0.4, 0.5) is 0 Å². The number of aryl methyl sites for hydroxylation is 1. The molecule has 0 saturated heterocycles. The van der Waals surface area contributed by atoms with E-state index in [1.807, 2.05) is 142 Å². The van der Waals surface area contributed by atoms with Crippen molar-refractivity contribution in [3.05, 3.63) is 216 Å². The normalized spacial score (nSPS) is 17.7. The van der Waals surface area contributed by atoms with Crippen LogP contribution in [0.2, 0.25) is 0 Å². The molecule has 0 aliphatic heterocycles. The molecule has 0 atom stereocenters. The van der Waals surface area contributed by atoms with Crippen LogP contribution in [0.1, 0.15) is 140 Å². The molecule has 5 heteroatoms. The van der Waals surface area contributed by atoms with E-state index >= 15 is 0 Å². The molecule has 10 aromatic rings. The van der Waals surface area contributed by atoms with Crippen molar-refractivity contribution < 1.29 is 56.3 Å². The molecule has 0 saturated carbocycles. The van der Waals surface area contributed by atoms with Crippen molar-refractivity contribution >= 4 is 11.0 Å². The Bertz CT molecular complexity index is 4500. The first-order chi connectivity index (χ1) is 44.3. The zero-order valence-corrected chi connectivity index (χ0v) is 44.2. The van der Waals surface area contributed by atoms with E-state index in [1.54, 1.807) is 44.3 Å². The summed E-state index contributed by atoms with van der Waals surface area (Å²) in [5.74, 6) is -3.06. The third kappa shape index (κ3) is 10.5. The number of aromatic hydroxyl groups is 1. The topological polar surface area (TPSA) is 50.9 Å². The summed E-state index contributed by atoms with van der Waals surface area (Å²) in [6.07, 6.45) is 1.63. The Morgan fingerprint density at radius 1 is 0.560 bits per heavy atom. The smallest absolute Gasteiger partial charge is 0.148 e. The molecule has 0 aliphatic carbocycles. The summed E-state index contributed by atoms with van der Waals surface area (Å²) in [5, 5.41) is 13.2. The maximum absolute atomic E-state index is 13.2. The Labute approximate surface area is 490 Å². The number of hydrogen-bond acceptors (Lipinski definition) is 3. The van der Waals surface area contributed by atoms with Crippen molar-refractivity contribution in [2.75, 3.05) is 0 Å². The van der Waals surface area contributed by atoms with Crippen molar-refractivity contribution in [1.29, 1.82) is 0 Å². The van der Waals surface area contributed by atoms with E-state index in [0.717, 1.165) is 38.9 Å². The maximum atomic E-state index is 13.2. The minimum Gasteiger partial charge on any atom is -0.507 e. The van der Waals surface area contributed by atoms with Gasteiger partial charge in [-0.15, -0.1) is 23.8 Å². The quantitative estimate of drug-likeness (QED) is 0.147. The van der Waals surface area contributed by atoms with Crippen molar-refractivity contribution in [2.24, 2.45) is 0 Å². The molecule has 0 amide bonds. The Kier molecular flexibility index (Phi) is 8.67. The van der Waals surface area contributed by atoms with Gasteiger partial charge in [-0.2, -0.15) is 0 Å². The number of benzene rings is 8. The number of aromatic nitrogens is 3. The maximum Gasteiger partial charge on any atom is 0.148 e. The van der Waals surface area contributed by atoms with Gasteiger partial charge in [0.1, 0.15) is 11.6 Å². The third-order valence-electron chi connectivity index (χ3n) is 13.5. The van der Waals surface area contributed by atoms with Crippen LogP contribution < -0.4 is 0 Å². The fourth-order valence-electron chi connectivity index (χ4n) is 9.69. The monoisotopic (exact) mass is 1180 g/mol. The van der Waals surface area contributed by atoms with Crippen molar-refractivity contribution in [3.63, 3.8) is 0 Å². The van der Waals surface area contributed by atoms with Crippen molar-refractivity contribution in [3.8, 4) is 89.7 Å². The molecule has 0 unspecified atom stereocenters. The molecule has 10 rings (SSSR count). The fourth-order valence-corrected chi connectivity index (χ4v) is 9.69. The molecular formula is C70H68N3OPt-. The molecule has 1 N–H and O–H groups in total. The summed E-state index contributed by atoms with van der Waals surface area (Å²) in [4.78, 5) is 9.92. The molecular weight excluding hydrogens is 1090 g/mol. The van der Waals surface area contributed by atoms with Crippen LogP contribution in [-0.2, 0) is 37.3 Å². The number of phenols is 1. The Morgan fingerprint density at radius 2 is 1.21 bits per heavy atom. The largest absolute Gasteiger partial charge is 0.507 e. The van der Waals surface area contributed by atoms with Crippen LogP contribution in [0.15, 0.2) is 182 Å². The van der Waals surface area contributed by atoms with Crippen LogP contribution >= 0.6 is 0 Å². The number of nitrogens with zero attached hydrogens (tertiary/aromatic N) is 3. The Hall–Kier alpha value is -7.13. The van der Waals surface area contributed by atoms with E-state index in [1.165, 1.54) is 22.8 Å². The minimum absolute atomic E-state index is 0. The van der Waals surface area contributed by atoms with Gasteiger partial charge in [0.25, 0.3) is 0 Å². The summed E-state index contributed by atoms with van der Waals surface area (Å²) in [6.45, 7) is -18.7. The number of para-hydroxylation sites is 1. The van der Waals surface area contributed by atoms with Crippen LogP contribution in [0, 0.1) is 12.9 Å². The van der Waals surface area contributed by atoms with E-state index in [4.69, 9.17) is 36.0 Å². The van der Waals surface area contributed by atoms with Gasteiger partial charge in [-0.05, 0) is 121 Å². The number of hydrogen-bond donors (Lipinski definition) is 1. The van der Waals surface area contributed by atoms with Gasteiger partial charge in [0, 0.05) is 68.7 Å². The fraction of sp³-hybridized carbons (Fsp3) is 0.229. The average Bonchev–Trinajstić information content (AvgIpc) is 1.26. The Balaban J connectivity index is 0.0000110. The summed E-state index contributed by atoms with van der Waals surface area (Å²) in [6, 6.07) is 52.9. The average molecular weight is 1180 g/mol. The van der Waals surface area contributed by atoms with Crippen molar-refractivity contribution in [2.45, 2.75) is 105 Å². The first-order valence-electron chi connectivity index (χ1n) is 35.2. The SMILES string of the molecule is [2H]C([2H])([2H])c1cc(-c2c(-c3ccccc3)cccc2C(C)(C)C)ccc1-n1c(-c2cc(C(C([2H])([2H])[2H])(C([2H])([2H])[2H])C([2H])([2H])[2H])cc(C(C([2H])([2H])[2H])(C([2H])([2H])[2H])C([2H])([2H])[2H])c2O)nc2c(-c3[c-]c(-c4cc(-c5ccc(C([2H])(C)C)cc5)ccn4)cc(-c4ccccc4)c3)cccc21.[Pt]. The molecule has 0 bridgehead atoms. The molecule has 0 aliphatic rings. The predicted molar refractivity (Wildman–Crippen MR) is 312 cm³/mol.